The Morgan fingerprint density at radius 2 is 1.92 bits per heavy atom. The van der Waals surface area contributed by atoms with Gasteiger partial charge in [0.15, 0.2) is 0 Å². The standard InChI is InChI=1S/C21H25N3OS/c1-5-17-16-12-14(2)6-8-19(16)26-20-9-7-15(13-18(20)23-17)21(25)22-10-11-24(3)4/h6-9,12-13H,5,10-11H2,1-4H3,(H,22,25). The van der Waals surface area contributed by atoms with E-state index in [-0.39, 0.29) is 5.91 Å². The number of hydrogen-bond acceptors (Lipinski definition) is 4. The average Bonchev–Trinajstić information content (AvgIpc) is 2.76. The van der Waals surface area contributed by atoms with Crippen LogP contribution in [0.2, 0.25) is 0 Å². The van der Waals surface area contributed by atoms with E-state index >= 15 is 0 Å². The fraction of sp³-hybridized carbons (Fsp3) is 0.333. The number of carbonyl (C=O) groups is 1. The van der Waals surface area contributed by atoms with Gasteiger partial charge in [-0.1, -0.05) is 30.3 Å². The Morgan fingerprint density at radius 1 is 1.15 bits per heavy atom. The number of rotatable bonds is 5. The van der Waals surface area contributed by atoms with Gasteiger partial charge >= 0.3 is 0 Å². The maximum absolute atomic E-state index is 12.4. The summed E-state index contributed by atoms with van der Waals surface area (Å²) in [6, 6.07) is 12.3. The molecule has 0 unspecified atom stereocenters. The maximum atomic E-state index is 12.4. The van der Waals surface area contributed by atoms with E-state index in [1.165, 1.54) is 16.0 Å². The Bertz CT molecular complexity index is 858. The monoisotopic (exact) mass is 367 g/mol. The number of nitrogens with one attached hydrogen (secondary N) is 1. The van der Waals surface area contributed by atoms with Crippen LogP contribution < -0.4 is 5.32 Å². The van der Waals surface area contributed by atoms with Gasteiger partial charge < -0.3 is 10.2 Å². The third-order valence-electron chi connectivity index (χ3n) is 4.32. The molecule has 0 spiro atoms. The number of amides is 1. The van der Waals surface area contributed by atoms with Gasteiger partial charge in [0, 0.05) is 39.7 Å². The number of nitrogens with zero attached hydrogens (tertiary/aromatic N) is 2. The summed E-state index contributed by atoms with van der Waals surface area (Å²) in [6.07, 6.45) is 0.857. The Morgan fingerprint density at radius 3 is 2.65 bits per heavy atom. The molecule has 26 heavy (non-hydrogen) atoms. The molecule has 1 amide bonds. The van der Waals surface area contributed by atoms with Crippen LogP contribution >= 0.6 is 11.8 Å². The molecule has 0 radical (unpaired) electrons. The van der Waals surface area contributed by atoms with E-state index in [4.69, 9.17) is 4.99 Å². The summed E-state index contributed by atoms with van der Waals surface area (Å²) in [5.41, 5.74) is 5.04. The van der Waals surface area contributed by atoms with Crippen LogP contribution in [0.5, 0.6) is 0 Å². The topological polar surface area (TPSA) is 44.7 Å². The molecular weight excluding hydrogens is 342 g/mol. The molecule has 1 aliphatic rings. The summed E-state index contributed by atoms with van der Waals surface area (Å²) in [6.45, 7) is 5.68. The number of likely N-dealkylation sites (N-methyl/N-ethyl adjacent to an activating group) is 1. The highest BCUT2D eigenvalue weighted by Gasteiger charge is 2.18. The van der Waals surface area contributed by atoms with Gasteiger partial charge in [-0.2, -0.15) is 0 Å². The minimum atomic E-state index is -0.0505. The van der Waals surface area contributed by atoms with Gasteiger partial charge in [-0.25, -0.2) is 0 Å². The van der Waals surface area contributed by atoms with Crippen LogP contribution in [0.25, 0.3) is 0 Å². The van der Waals surface area contributed by atoms with Gasteiger partial charge in [0.2, 0.25) is 0 Å². The number of fused-ring (bicyclic) bond motifs is 2. The molecule has 2 aromatic carbocycles. The molecule has 4 nitrogen and oxygen atoms in total. The van der Waals surface area contributed by atoms with Crippen molar-refractivity contribution in [1.82, 2.24) is 10.2 Å². The lowest BCUT2D eigenvalue weighted by molar-refractivity contribution is 0.0951. The maximum Gasteiger partial charge on any atom is 0.251 e. The molecule has 1 aliphatic heterocycles. The molecule has 0 atom stereocenters. The van der Waals surface area contributed by atoms with Crippen molar-refractivity contribution in [2.75, 3.05) is 27.2 Å². The van der Waals surface area contributed by atoms with Crippen molar-refractivity contribution in [3.63, 3.8) is 0 Å². The first-order chi connectivity index (χ1) is 12.5. The van der Waals surface area contributed by atoms with Gasteiger partial charge in [0.05, 0.1) is 5.69 Å². The molecule has 0 fully saturated rings. The summed E-state index contributed by atoms with van der Waals surface area (Å²) in [7, 11) is 3.98. The zero-order valence-electron chi connectivity index (χ0n) is 15.8. The van der Waals surface area contributed by atoms with Crippen LogP contribution in [0.1, 0.15) is 34.8 Å². The van der Waals surface area contributed by atoms with E-state index in [9.17, 15) is 4.79 Å². The molecule has 1 N–H and O–H groups in total. The zero-order chi connectivity index (χ0) is 18.7. The fourth-order valence-corrected chi connectivity index (χ4v) is 3.88. The molecule has 0 bridgehead atoms. The second-order valence-corrected chi connectivity index (χ2v) is 7.84. The predicted molar refractivity (Wildman–Crippen MR) is 109 cm³/mol. The minimum Gasteiger partial charge on any atom is -0.351 e. The highest BCUT2D eigenvalue weighted by molar-refractivity contribution is 7.99. The Kier molecular flexibility index (Phi) is 5.79. The summed E-state index contributed by atoms with van der Waals surface area (Å²) in [5.74, 6) is -0.0505. The van der Waals surface area contributed by atoms with Crippen molar-refractivity contribution >= 4 is 29.1 Å². The van der Waals surface area contributed by atoms with Crippen molar-refractivity contribution in [2.45, 2.75) is 30.1 Å². The van der Waals surface area contributed by atoms with Crippen LogP contribution in [0.3, 0.4) is 0 Å². The number of benzene rings is 2. The van der Waals surface area contributed by atoms with Gasteiger partial charge in [-0.05, 0) is 57.8 Å². The molecule has 3 rings (SSSR count). The Labute approximate surface area is 159 Å². The molecular formula is C21H25N3OS. The van der Waals surface area contributed by atoms with Gasteiger partial charge in [-0.3, -0.25) is 9.79 Å². The Balaban J connectivity index is 1.91. The Hall–Kier alpha value is -2.11. The highest BCUT2D eigenvalue weighted by Crippen LogP contribution is 2.41. The van der Waals surface area contributed by atoms with E-state index in [2.05, 4.69) is 37.4 Å². The van der Waals surface area contributed by atoms with Crippen LogP contribution in [-0.2, 0) is 0 Å². The smallest absolute Gasteiger partial charge is 0.251 e. The minimum absolute atomic E-state index is 0.0505. The van der Waals surface area contributed by atoms with Gasteiger partial charge in [0.25, 0.3) is 5.91 Å². The van der Waals surface area contributed by atoms with E-state index < -0.39 is 0 Å². The molecule has 0 saturated heterocycles. The van der Waals surface area contributed by atoms with Gasteiger partial charge in [0.1, 0.15) is 0 Å². The third-order valence-corrected chi connectivity index (χ3v) is 5.46. The summed E-state index contributed by atoms with van der Waals surface area (Å²) < 4.78 is 0. The van der Waals surface area contributed by atoms with Crippen LogP contribution in [0, 0.1) is 6.92 Å². The highest BCUT2D eigenvalue weighted by atomic mass is 32.2. The van der Waals surface area contributed by atoms with Crippen molar-refractivity contribution in [1.29, 1.82) is 0 Å². The van der Waals surface area contributed by atoms with Gasteiger partial charge in [-0.15, -0.1) is 0 Å². The van der Waals surface area contributed by atoms with E-state index in [1.54, 1.807) is 11.8 Å². The molecule has 5 heteroatoms. The third kappa shape index (κ3) is 4.17. The van der Waals surface area contributed by atoms with E-state index in [1.807, 2.05) is 37.2 Å². The van der Waals surface area contributed by atoms with Crippen molar-refractivity contribution in [3.05, 3.63) is 53.1 Å². The molecule has 2 aromatic rings. The van der Waals surface area contributed by atoms with E-state index in [0.717, 1.165) is 29.3 Å². The van der Waals surface area contributed by atoms with Crippen LogP contribution in [0.4, 0.5) is 5.69 Å². The summed E-state index contributed by atoms with van der Waals surface area (Å²) >= 11 is 1.72. The number of aliphatic imine (C=N–C) groups is 1. The second kappa shape index (κ2) is 8.06. The first kappa shape index (κ1) is 18.7. The molecule has 136 valence electrons. The normalized spacial score (nSPS) is 12.9. The van der Waals surface area contributed by atoms with Crippen LogP contribution in [-0.4, -0.2) is 43.7 Å². The number of aryl methyl sites for hydroxylation is 1. The largest absolute Gasteiger partial charge is 0.351 e. The lowest BCUT2D eigenvalue weighted by atomic mass is 10.1. The first-order valence-corrected chi connectivity index (χ1v) is 9.73. The van der Waals surface area contributed by atoms with E-state index in [0.29, 0.717) is 12.1 Å². The first-order valence-electron chi connectivity index (χ1n) is 8.91. The zero-order valence-corrected chi connectivity index (χ0v) is 16.6. The van der Waals surface area contributed by atoms with Crippen molar-refractivity contribution < 1.29 is 4.79 Å². The quantitative estimate of drug-likeness (QED) is 0.858. The molecule has 0 aromatic heterocycles. The summed E-state index contributed by atoms with van der Waals surface area (Å²) in [5, 5.41) is 2.97. The number of hydrogen-bond donors (Lipinski definition) is 1. The molecule has 0 saturated carbocycles. The van der Waals surface area contributed by atoms with Crippen LogP contribution in [0.15, 0.2) is 51.2 Å². The fourth-order valence-electron chi connectivity index (χ4n) is 2.88. The lowest BCUT2D eigenvalue weighted by Gasteiger charge is -2.11. The van der Waals surface area contributed by atoms with Crippen molar-refractivity contribution in [3.8, 4) is 0 Å². The second-order valence-electron chi connectivity index (χ2n) is 6.76. The summed E-state index contributed by atoms with van der Waals surface area (Å²) in [4.78, 5) is 21.7. The SMILES string of the molecule is CCC1=Nc2cc(C(=O)NCCN(C)C)ccc2Sc2ccc(C)cc21. The molecule has 0 aliphatic carbocycles. The average molecular weight is 368 g/mol. The molecule has 1 heterocycles. The lowest BCUT2D eigenvalue weighted by Crippen LogP contribution is -2.31. The predicted octanol–water partition coefficient (Wildman–Crippen LogP) is 4.28. The number of carbonyl (C=O) groups excluding carboxylic acids is 1. The van der Waals surface area contributed by atoms with Crippen molar-refractivity contribution in [2.24, 2.45) is 4.99 Å².